The van der Waals surface area contributed by atoms with Crippen LogP contribution in [0.5, 0.6) is 0 Å². The lowest BCUT2D eigenvalue weighted by molar-refractivity contribution is -0.137. The van der Waals surface area contributed by atoms with E-state index < -0.39 is 11.7 Å². The first kappa shape index (κ1) is 11.9. The molecule has 1 heterocycles. The Morgan fingerprint density at radius 1 is 1.12 bits per heavy atom. The number of nitrogens with zero attached hydrogens (tertiary/aromatic N) is 3. The summed E-state index contributed by atoms with van der Waals surface area (Å²) >= 11 is 0. The van der Waals surface area contributed by atoms with Gasteiger partial charge in [0.1, 0.15) is 5.52 Å². The van der Waals surface area contributed by atoms with Gasteiger partial charge in [-0.1, -0.05) is 5.21 Å². The summed E-state index contributed by atoms with van der Waals surface area (Å²) in [6.45, 7) is 5.75. The van der Waals surface area contributed by atoms with E-state index in [1.54, 1.807) is 4.68 Å². The third-order valence-corrected chi connectivity index (χ3v) is 2.41. The van der Waals surface area contributed by atoms with Gasteiger partial charge in [0.15, 0.2) is 0 Å². The van der Waals surface area contributed by atoms with Gasteiger partial charge in [-0.25, -0.2) is 4.68 Å². The van der Waals surface area contributed by atoms with Crippen molar-refractivity contribution in [1.29, 1.82) is 0 Å². The number of rotatable bonds is 0. The number of aromatic nitrogens is 3. The lowest BCUT2D eigenvalue weighted by Gasteiger charge is -2.19. The van der Waals surface area contributed by atoms with Gasteiger partial charge in [-0.15, -0.1) is 5.10 Å². The van der Waals surface area contributed by atoms with Gasteiger partial charge < -0.3 is 0 Å². The molecular weight excluding hydrogens is 231 g/mol. The van der Waals surface area contributed by atoms with Crippen molar-refractivity contribution in [2.75, 3.05) is 0 Å². The number of hydrogen-bond donors (Lipinski definition) is 0. The number of halogens is 3. The number of alkyl halides is 3. The average molecular weight is 243 g/mol. The van der Waals surface area contributed by atoms with Gasteiger partial charge in [-0.2, -0.15) is 13.2 Å². The first-order chi connectivity index (χ1) is 7.69. The third kappa shape index (κ3) is 2.11. The molecule has 0 saturated heterocycles. The standard InChI is InChI=1S/C11H12F3N3/c1-10(2,3)17-9-5-4-7(11(12,13)14)6-8(9)15-16-17/h4-6H,1-3H3. The van der Waals surface area contributed by atoms with Gasteiger partial charge in [0.25, 0.3) is 0 Å². The summed E-state index contributed by atoms with van der Waals surface area (Å²) in [6, 6.07) is 3.47. The van der Waals surface area contributed by atoms with Crippen molar-refractivity contribution in [2.24, 2.45) is 0 Å². The second-order valence-corrected chi connectivity index (χ2v) is 4.87. The van der Waals surface area contributed by atoms with Gasteiger partial charge in [0, 0.05) is 0 Å². The number of hydrogen-bond acceptors (Lipinski definition) is 2. The summed E-state index contributed by atoms with van der Waals surface area (Å²) in [6.07, 6.45) is -4.35. The molecular formula is C11H12F3N3. The van der Waals surface area contributed by atoms with E-state index in [-0.39, 0.29) is 11.1 Å². The Hall–Kier alpha value is -1.59. The van der Waals surface area contributed by atoms with Crippen molar-refractivity contribution in [3.63, 3.8) is 0 Å². The van der Waals surface area contributed by atoms with E-state index in [1.807, 2.05) is 20.8 Å². The van der Waals surface area contributed by atoms with Crippen molar-refractivity contribution in [3.8, 4) is 0 Å². The minimum atomic E-state index is -4.35. The van der Waals surface area contributed by atoms with Crippen molar-refractivity contribution in [1.82, 2.24) is 15.0 Å². The summed E-state index contributed by atoms with van der Waals surface area (Å²) in [5.41, 5.74) is -0.152. The van der Waals surface area contributed by atoms with Crippen LogP contribution in [0.4, 0.5) is 13.2 Å². The molecule has 0 aliphatic rings. The molecule has 1 aromatic carbocycles. The molecule has 0 radical (unpaired) electrons. The lowest BCUT2D eigenvalue weighted by Crippen LogP contribution is -2.23. The van der Waals surface area contributed by atoms with Crippen LogP contribution in [0.25, 0.3) is 11.0 Å². The molecule has 0 unspecified atom stereocenters. The van der Waals surface area contributed by atoms with Crippen molar-refractivity contribution in [2.45, 2.75) is 32.5 Å². The Morgan fingerprint density at radius 3 is 2.29 bits per heavy atom. The Bertz CT molecular complexity index is 549. The van der Waals surface area contributed by atoms with E-state index in [0.29, 0.717) is 5.52 Å². The normalized spacial score (nSPS) is 13.3. The molecule has 0 saturated carbocycles. The minimum absolute atomic E-state index is 0.259. The molecule has 3 nitrogen and oxygen atoms in total. The molecule has 1 aromatic heterocycles. The van der Waals surface area contributed by atoms with Crippen molar-refractivity contribution < 1.29 is 13.2 Å². The lowest BCUT2D eigenvalue weighted by atomic mass is 10.1. The van der Waals surface area contributed by atoms with Gasteiger partial charge in [0.2, 0.25) is 0 Å². The van der Waals surface area contributed by atoms with Crippen LogP contribution >= 0.6 is 0 Å². The van der Waals surface area contributed by atoms with Crippen LogP contribution in [0.1, 0.15) is 26.3 Å². The fraction of sp³-hybridized carbons (Fsp3) is 0.455. The molecule has 0 spiro atoms. The average Bonchev–Trinajstić information content (AvgIpc) is 2.57. The minimum Gasteiger partial charge on any atom is -0.239 e. The fourth-order valence-corrected chi connectivity index (χ4v) is 1.60. The zero-order valence-corrected chi connectivity index (χ0v) is 9.71. The molecule has 0 fully saturated rings. The van der Waals surface area contributed by atoms with Gasteiger partial charge in [0.05, 0.1) is 16.6 Å². The van der Waals surface area contributed by atoms with E-state index >= 15 is 0 Å². The van der Waals surface area contributed by atoms with Crippen molar-refractivity contribution >= 4 is 11.0 Å². The Labute approximate surface area is 96.2 Å². The smallest absolute Gasteiger partial charge is 0.239 e. The summed E-state index contributed by atoms with van der Waals surface area (Å²) in [7, 11) is 0. The highest BCUT2D eigenvalue weighted by Gasteiger charge is 2.31. The maximum Gasteiger partial charge on any atom is 0.416 e. The van der Waals surface area contributed by atoms with E-state index in [1.165, 1.54) is 6.07 Å². The third-order valence-electron chi connectivity index (χ3n) is 2.41. The van der Waals surface area contributed by atoms with E-state index in [0.717, 1.165) is 12.1 Å². The van der Waals surface area contributed by atoms with Gasteiger partial charge >= 0.3 is 6.18 Å². The maximum absolute atomic E-state index is 12.5. The molecule has 92 valence electrons. The van der Waals surface area contributed by atoms with Crippen LogP contribution in [0.3, 0.4) is 0 Å². The van der Waals surface area contributed by atoms with E-state index in [9.17, 15) is 13.2 Å². The van der Waals surface area contributed by atoms with Gasteiger partial charge in [-0.3, -0.25) is 0 Å². The highest BCUT2D eigenvalue weighted by atomic mass is 19.4. The fourth-order valence-electron chi connectivity index (χ4n) is 1.60. The molecule has 2 aromatic rings. The summed E-state index contributed by atoms with van der Waals surface area (Å²) in [5, 5.41) is 7.66. The second kappa shape index (κ2) is 3.45. The Balaban J connectivity index is 2.61. The van der Waals surface area contributed by atoms with Crippen LogP contribution in [0.2, 0.25) is 0 Å². The first-order valence-electron chi connectivity index (χ1n) is 5.13. The Kier molecular flexibility index (Phi) is 2.41. The molecule has 6 heteroatoms. The van der Waals surface area contributed by atoms with E-state index in [4.69, 9.17) is 0 Å². The molecule has 17 heavy (non-hydrogen) atoms. The summed E-state index contributed by atoms with van der Waals surface area (Å²) < 4.78 is 39.1. The zero-order chi connectivity index (χ0) is 12.8. The molecule has 0 amide bonds. The predicted octanol–water partition coefficient (Wildman–Crippen LogP) is 3.21. The second-order valence-electron chi connectivity index (χ2n) is 4.87. The largest absolute Gasteiger partial charge is 0.416 e. The molecule has 0 aliphatic heterocycles. The highest BCUT2D eigenvalue weighted by molar-refractivity contribution is 5.75. The maximum atomic E-state index is 12.5. The quantitative estimate of drug-likeness (QED) is 0.711. The van der Waals surface area contributed by atoms with Crippen LogP contribution in [-0.4, -0.2) is 15.0 Å². The Morgan fingerprint density at radius 2 is 1.76 bits per heavy atom. The molecule has 0 bridgehead atoms. The SMILES string of the molecule is CC(C)(C)n1nnc2cc(C(F)(F)F)ccc21. The highest BCUT2D eigenvalue weighted by Crippen LogP contribution is 2.31. The predicted molar refractivity (Wildman–Crippen MR) is 57.5 cm³/mol. The zero-order valence-electron chi connectivity index (χ0n) is 9.71. The topological polar surface area (TPSA) is 30.7 Å². The molecule has 0 aliphatic carbocycles. The monoisotopic (exact) mass is 243 g/mol. The summed E-state index contributed by atoms with van der Waals surface area (Å²) in [5.74, 6) is 0. The van der Waals surface area contributed by atoms with Crippen LogP contribution in [0, 0.1) is 0 Å². The van der Waals surface area contributed by atoms with Gasteiger partial charge in [-0.05, 0) is 39.0 Å². The number of benzene rings is 1. The number of fused-ring (bicyclic) bond motifs is 1. The van der Waals surface area contributed by atoms with E-state index in [2.05, 4.69) is 10.3 Å². The first-order valence-corrected chi connectivity index (χ1v) is 5.13. The van der Waals surface area contributed by atoms with Crippen LogP contribution < -0.4 is 0 Å². The summed E-state index contributed by atoms with van der Waals surface area (Å²) in [4.78, 5) is 0. The molecule has 2 rings (SSSR count). The molecule has 0 atom stereocenters. The van der Waals surface area contributed by atoms with Crippen molar-refractivity contribution in [3.05, 3.63) is 23.8 Å². The molecule has 0 N–H and O–H groups in total. The van der Waals surface area contributed by atoms with Crippen LogP contribution in [-0.2, 0) is 11.7 Å². The van der Waals surface area contributed by atoms with Crippen LogP contribution in [0.15, 0.2) is 18.2 Å².